The number of carbonyl (C=O) groups excluding carboxylic acids is 1. The zero-order valence-electron chi connectivity index (χ0n) is 11.1. The molecule has 1 heterocycles. The van der Waals surface area contributed by atoms with Crippen molar-refractivity contribution >= 4 is 6.03 Å². The lowest BCUT2D eigenvalue weighted by atomic mass is 10.1. The Morgan fingerprint density at radius 1 is 1.37 bits per heavy atom. The molecule has 0 saturated carbocycles. The molecule has 0 aliphatic heterocycles. The van der Waals surface area contributed by atoms with Crippen molar-refractivity contribution in [1.29, 1.82) is 0 Å². The molecule has 1 N–H and O–H groups in total. The summed E-state index contributed by atoms with van der Waals surface area (Å²) in [5.41, 5.74) is 1.94. The number of benzene rings is 1. The van der Waals surface area contributed by atoms with E-state index in [2.05, 4.69) is 10.3 Å². The quantitative estimate of drug-likeness (QED) is 0.913. The number of carbonyl (C=O) groups is 1. The molecule has 0 bridgehead atoms. The van der Waals surface area contributed by atoms with E-state index < -0.39 is 0 Å². The summed E-state index contributed by atoms with van der Waals surface area (Å²) in [5.74, 6) is 0. The summed E-state index contributed by atoms with van der Waals surface area (Å²) >= 11 is 0. The fourth-order valence-corrected chi connectivity index (χ4v) is 1.81. The summed E-state index contributed by atoms with van der Waals surface area (Å²) in [5, 5.41) is 2.84. The molecule has 0 spiro atoms. The Morgan fingerprint density at radius 3 is 2.79 bits per heavy atom. The molecular formula is C14H17N3O2. The topological polar surface area (TPSA) is 56.2 Å². The van der Waals surface area contributed by atoms with Crippen LogP contribution in [0, 0.1) is 6.92 Å². The summed E-state index contributed by atoms with van der Waals surface area (Å²) < 4.78 is 6.42. The van der Waals surface area contributed by atoms with E-state index in [1.165, 1.54) is 17.2 Å². The second-order valence-corrected chi connectivity index (χ2v) is 4.21. The number of aryl methyl sites for hydroxylation is 1. The molecule has 0 radical (unpaired) electrons. The van der Waals surface area contributed by atoms with E-state index >= 15 is 0 Å². The van der Waals surface area contributed by atoms with Crippen molar-refractivity contribution in [2.24, 2.45) is 0 Å². The molecule has 0 aliphatic rings. The smallest absolute Gasteiger partial charge is 0.329 e. The predicted octanol–water partition coefficient (Wildman–Crippen LogP) is 2.00. The number of amides is 1. The van der Waals surface area contributed by atoms with E-state index in [1.807, 2.05) is 37.3 Å². The second-order valence-electron chi connectivity index (χ2n) is 4.21. The monoisotopic (exact) mass is 259 g/mol. The highest BCUT2D eigenvalue weighted by Gasteiger charge is 2.12. The van der Waals surface area contributed by atoms with Gasteiger partial charge in [0.1, 0.15) is 0 Å². The van der Waals surface area contributed by atoms with Gasteiger partial charge in [0.15, 0.2) is 0 Å². The van der Waals surface area contributed by atoms with E-state index in [0.717, 1.165) is 12.1 Å². The molecule has 100 valence electrons. The van der Waals surface area contributed by atoms with Crippen molar-refractivity contribution in [3.63, 3.8) is 0 Å². The molecule has 5 nitrogen and oxygen atoms in total. The van der Waals surface area contributed by atoms with Gasteiger partial charge in [-0.25, -0.2) is 14.3 Å². The van der Waals surface area contributed by atoms with Gasteiger partial charge >= 0.3 is 12.0 Å². The van der Waals surface area contributed by atoms with Gasteiger partial charge in [-0.15, -0.1) is 0 Å². The molecule has 19 heavy (non-hydrogen) atoms. The zero-order chi connectivity index (χ0) is 13.7. The lowest BCUT2D eigenvalue weighted by molar-refractivity contribution is 0.238. The van der Waals surface area contributed by atoms with Gasteiger partial charge in [0.05, 0.1) is 12.8 Å². The number of hydrogen-bond donors (Lipinski definition) is 1. The van der Waals surface area contributed by atoms with Crippen LogP contribution in [-0.2, 0) is 6.42 Å². The average molecular weight is 259 g/mol. The van der Waals surface area contributed by atoms with Crippen LogP contribution in [0.15, 0.2) is 36.5 Å². The van der Waals surface area contributed by atoms with E-state index in [-0.39, 0.29) is 6.03 Å². The molecule has 0 atom stereocenters. The summed E-state index contributed by atoms with van der Waals surface area (Å²) in [6.07, 6.45) is 2.44. The number of hydrogen-bond acceptors (Lipinski definition) is 3. The maximum absolute atomic E-state index is 12.0. The minimum absolute atomic E-state index is 0.228. The first-order valence-corrected chi connectivity index (χ1v) is 6.13. The van der Waals surface area contributed by atoms with E-state index in [9.17, 15) is 4.79 Å². The van der Waals surface area contributed by atoms with Gasteiger partial charge in [-0.3, -0.25) is 0 Å². The third-order valence-corrected chi connectivity index (χ3v) is 2.73. The molecule has 5 heteroatoms. The number of ether oxygens (including phenoxy) is 1. The standard InChI is InChI=1S/C14H17N3O2/c1-11-10-17(14(16-11)19-2)13(18)15-9-8-12-6-4-3-5-7-12/h3-7,10H,8-9H2,1-2H3,(H,15,18). The number of rotatable bonds is 4. The Hall–Kier alpha value is -2.30. The van der Waals surface area contributed by atoms with Crippen LogP contribution in [-0.4, -0.2) is 29.2 Å². The number of nitrogens with one attached hydrogen (secondary N) is 1. The molecule has 0 unspecified atom stereocenters. The largest absolute Gasteiger partial charge is 0.468 e. The van der Waals surface area contributed by atoms with Gasteiger partial charge in [-0.2, -0.15) is 0 Å². The average Bonchev–Trinajstić information content (AvgIpc) is 2.81. The Kier molecular flexibility index (Phi) is 4.18. The third kappa shape index (κ3) is 3.34. The highest BCUT2D eigenvalue weighted by Crippen LogP contribution is 2.09. The van der Waals surface area contributed by atoms with Crippen LogP contribution in [0.2, 0.25) is 0 Å². The van der Waals surface area contributed by atoms with Gasteiger partial charge in [0, 0.05) is 12.7 Å². The molecule has 0 fully saturated rings. The lowest BCUT2D eigenvalue weighted by Gasteiger charge is -2.07. The Labute approximate surface area is 112 Å². The molecular weight excluding hydrogens is 242 g/mol. The van der Waals surface area contributed by atoms with Crippen LogP contribution in [0.5, 0.6) is 6.01 Å². The van der Waals surface area contributed by atoms with E-state index in [0.29, 0.717) is 12.6 Å². The number of aromatic nitrogens is 2. The maximum Gasteiger partial charge on any atom is 0.329 e. The van der Waals surface area contributed by atoms with Crippen LogP contribution in [0.1, 0.15) is 11.3 Å². The maximum atomic E-state index is 12.0. The molecule has 2 aromatic rings. The lowest BCUT2D eigenvalue weighted by Crippen LogP contribution is -2.30. The van der Waals surface area contributed by atoms with Crippen LogP contribution in [0.3, 0.4) is 0 Å². The minimum Gasteiger partial charge on any atom is -0.468 e. The van der Waals surface area contributed by atoms with Crippen molar-refractivity contribution < 1.29 is 9.53 Å². The van der Waals surface area contributed by atoms with Crippen molar-refractivity contribution in [3.05, 3.63) is 47.8 Å². The number of nitrogens with zero attached hydrogens (tertiary/aromatic N) is 2. The Morgan fingerprint density at radius 2 is 2.11 bits per heavy atom. The predicted molar refractivity (Wildman–Crippen MR) is 72.5 cm³/mol. The van der Waals surface area contributed by atoms with Crippen molar-refractivity contribution in [3.8, 4) is 6.01 Å². The van der Waals surface area contributed by atoms with Crippen molar-refractivity contribution in [2.75, 3.05) is 13.7 Å². The second kappa shape index (κ2) is 6.04. The summed E-state index contributed by atoms with van der Waals surface area (Å²) in [7, 11) is 1.50. The van der Waals surface area contributed by atoms with Crippen molar-refractivity contribution in [2.45, 2.75) is 13.3 Å². The molecule has 1 aromatic carbocycles. The number of imidazole rings is 1. The van der Waals surface area contributed by atoms with E-state index in [4.69, 9.17) is 4.74 Å². The van der Waals surface area contributed by atoms with Crippen molar-refractivity contribution in [1.82, 2.24) is 14.9 Å². The summed E-state index contributed by atoms with van der Waals surface area (Å²) in [6.45, 7) is 2.39. The summed E-state index contributed by atoms with van der Waals surface area (Å²) in [6, 6.07) is 10.1. The highest BCUT2D eigenvalue weighted by molar-refractivity contribution is 5.78. The Balaban J connectivity index is 1.91. The zero-order valence-corrected chi connectivity index (χ0v) is 11.1. The van der Waals surface area contributed by atoms with E-state index in [1.54, 1.807) is 6.20 Å². The first-order chi connectivity index (χ1) is 9.20. The molecule has 1 amide bonds. The van der Waals surface area contributed by atoms with Crippen LogP contribution >= 0.6 is 0 Å². The van der Waals surface area contributed by atoms with Gasteiger partial charge in [-0.1, -0.05) is 30.3 Å². The highest BCUT2D eigenvalue weighted by atomic mass is 16.5. The third-order valence-electron chi connectivity index (χ3n) is 2.73. The van der Waals surface area contributed by atoms with Gasteiger partial charge in [-0.05, 0) is 18.9 Å². The van der Waals surface area contributed by atoms with Crippen LogP contribution in [0.25, 0.3) is 0 Å². The molecule has 0 aliphatic carbocycles. The number of methoxy groups -OCH3 is 1. The fraction of sp³-hybridized carbons (Fsp3) is 0.286. The van der Waals surface area contributed by atoms with Gasteiger partial charge in [0.2, 0.25) is 0 Å². The Bertz CT molecular complexity index is 549. The van der Waals surface area contributed by atoms with Crippen LogP contribution < -0.4 is 10.1 Å². The first-order valence-electron chi connectivity index (χ1n) is 6.13. The minimum atomic E-state index is -0.228. The fourth-order valence-electron chi connectivity index (χ4n) is 1.81. The molecule has 1 aromatic heterocycles. The molecule has 2 rings (SSSR count). The normalized spacial score (nSPS) is 10.2. The van der Waals surface area contributed by atoms with Gasteiger partial charge < -0.3 is 10.1 Å². The SMILES string of the molecule is COc1nc(C)cn1C(=O)NCCc1ccccc1. The molecule has 0 saturated heterocycles. The van der Waals surface area contributed by atoms with Gasteiger partial charge in [0.25, 0.3) is 0 Å². The van der Waals surface area contributed by atoms with Crippen LogP contribution in [0.4, 0.5) is 4.79 Å². The summed E-state index contributed by atoms with van der Waals surface area (Å²) in [4.78, 5) is 16.1. The first kappa shape index (κ1) is 13.1.